The predicted octanol–water partition coefficient (Wildman–Crippen LogP) is 5.84. The molecule has 1 aliphatic rings. The zero-order valence-corrected chi connectivity index (χ0v) is 16.4. The van der Waals surface area contributed by atoms with E-state index in [0.717, 1.165) is 24.8 Å². The highest BCUT2D eigenvalue weighted by molar-refractivity contribution is 5.92. The van der Waals surface area contributed by atoms with Crippen molar-refractivity contribution in [3.8, 4) is 0 Å². The molecule has 0 N–H and O–H groups in total. The summed E-state index contributed by atoms with van der Waals surface area (Å²) in [6, 6.07) is 12.4. The van der Waals surface area contributed by atoms with E-state index >= 15 is 0 Å². The molecule has 0 fully saturated rings. The van der Waals surface area contributed by atoms with Gasteiger partial charge >= 0.3 is 5.97 Å². The Bertz CT molecular complexity index is 780. The molecule has 0 saturated heterocycles. The average Bonchev–Trinajstić information content (AvgIpc) is 2.68. The van der Waals surface area contributed by atoms with Gasteiger partial charge in [-0.05, 0) is 54.4 Å². The van der Waals surface area contributed by atoms with Crippen LogP contribution in [-0.4, -0.2) is 12.1 Å². The van der Waals surface area contributed by atoms with Crippen LogP contribution in [0.2, 0.25) is 0 Å². The molecular weight excluding hydrogens is 339 g/mol. The van der Waals surface area contributed by atoms with Crippen molar-refractivity contribution in [3.63, 3.8) is 0 Å². The van der Waals surface area contributed by atoms with Gasteiger partial charge in [-0.2, -0.15) is 0 Å². The molecular formula is C24H29FO2. The molecule has 1 aliphatic heterocycles. The maximum Gasteiger partial charge on any atom is 0.341 e. The minimum Gasteiger partial charge on any atom is -0.458 e. The van der Waals surface area contributed by atoms with E-state index in [1.165, 1.54) is 30.4 Å². The second-order valence-corrected chi connectivity index (χ2v) is 7.49. The van der Waals surface area contributed by atoms with Gasteiger partial charge in [-0.25, -0.2) is 9.18 Å². The maximum absolute atomic E-state index is 14.9. The third kappa shape index (κ3) is 4.77. The molecule has 1 heterocycles. The molecule has 2 aromatic carbocycles. The molecule has 0 amide bonds. The quantitative estimate of drug-likeness (QED) is 0.432. The second kappa shape index (κ2) is 9.16. The molecule has 1 atom stereocenters. The van der Waals surface area contributed by atoms with Gasteiger partial charge < -0.3 is 4.74 Å². The van der Waals surface area contributed by atoms with Crippen molar-refractivity contribution >= 4 is 5.97 Å². The van der Waals surface area contributed by atoms with Gasteiger partial charge in [0, 0.05) is 6.42 Å². The van der Waals surface area contributed by atoms with Crippen LogP contribution in [0.3, 0.4) is 0 Å². The molecule has 0 aliphatic carbocycles. The topological polar surface area (TPSA) is 26.3 Å². The number of fused-ring (bicyclic) bond motifs is 1. The summed E-state index contributed by atoms with van der Waals surface area (Å²) in [6.45, 7) is 4.19. The first-order valence-electron chi connectivity index (χ1n) is 10.2. The Labute approximate surface area is 161 Å². The van der Waals surface area contributed by atoms with Crippen molar-refractivity contribution in [2.75, 3.05) is 0 Å². The van der Waals surface area contributed by atoms with E-state index in [9.17, 15) is 9.18 Å². The van der Waals surface area contributed by atoms with Crippen LogP contribution in [0, 0.1) is 5.82 Å². The summed E-state index contributed by atoms with van der Waals surface area (Å²) in [5, 5.41) is 0. The van der Waals surface area contributed by atoms with E-state index in [1.54, 1.807) is 0 Å². The summed E-state index contributed by atoms with van der Waals surface area (Å²) in [5.41, 5.74) is 4.06. The highest BCUT2D eigenvalue weighted by Crippen LogP contribution is 2.27. The molecule has 2 aromatic rings. The minimum atomic E-state index is -0.515. The first-order chi connectivity index (χ1) is 13.1. The fourth-order valence-corrected chi connectivity index (χ4v) is 3.70. The summed E-state index contributed by atoms with van der Waals surface area (Å²) < 4.78 is 20.2. The number of hydrogen-bond acceptors (Lipinski definition) is 2. The highest BCUT2D eigenvalue weighted by atomic mass is 19.1. The van der Waals surface area contributed by atoms with Crippen LogP contribution in [0.5, 0.6) is 0 Å². The van der Waals surface area contributed by atoms with Crippen molar-refractivity contribution < 1.29 is 13.9 Å². The van der Waals surface area contributed by atoms with Crippen LogP contribution in [0.1, 0.15) is 72.1 Å². The van der Waals surface area contributed by atoms with Crippen LogP contribution in [0.25, 0.3) is 0 Å². The normalized spacial score (nSPS) is 16.1. The molecule has 0 saturated carbocycles. The Balaban J connectivity index is 1.65. The Morgan fingerprint density at radius 2 is 1.67 bits per heavy atom. The molecule has 0 spiro atoms. The third-order valence-electron chi connectivity index (χ3n) is 5.46. The summed E-state index contributed by atoms with van der Waals surface area (Å²) in [4.78, 5) is 12.2. The summed E-state index contributed by atoms with van der Waals surface area (Å²) in [5.74, 6) is -0.915. The Kier molecular flexibility index (Phi) is 6.65. The largest absolute Gasteiger partial charge is 0.458 e. The number of esters is 1. The minimum absolute atomic E-state index is 0.133. The Morgan fingerprint density at radius 3 is 2.33 bits per heavy atom. The monoisotopic (exact) mass is 368 g/mol. The summed E-state index contributed by atoms with van der Waals surface area (Å²) in [7, 11) is 0. The molecule has 3 heteroatoms. The van der Waals surface area contributed by atoms with Gasteiger partial charge in [0.05, 0.1) is 5.56 Å². The molecule has 2 nitrogen and oxygen atoms in total. The van der Waals surface area contributed by atoms with Crippen molar-refractivity contribution in [2.45, 2.75) is 71.3 Å². The van der Waals surface area contributed by atoms with Gasteiger partial charge in [-0.1, -0.05) is 63.1 Å². The standard InChI is InChI=1S/C24H29FO2/c1-3-5-6-7-17-8-10-18(11-9-17)12-13-19-14-15-20-16-21(4-2)27-24(26)22(20)23(19)25/h8-11,14-15,21H,3-7,12-13,16H2,1-2H3. The number of carbonyl (C=O) groups is 1. The fraction of sp³-hybridized carbons (Fsp3) is 0.458. The zero-order valence-electron chi connectivity index (χ0n) is 16.4. The molecule has 1 unspecified atom stereocenters. The van der Waals surface area contributed by atoms with E-state index in [1.807, 2.05) is 19.1 Å². The first-order valence-corrected chi connectivity index (χ1v) is 10.2. The van der Waals surface area contributed by atoms with E-state index < -0.39 is 11.8 Å². The van der Waals surface area contributed by atoms with Crippen molar-refractivity contribution in [1.82, 2.24) is 0 Å². The zero-order chi connectivity index (χ0) is 19.2. The lowest BCUT2D eigenvalue weighted by molar-refractivity contribution is 0.0242. The second-order valence-electron chi connectivity index (χ2n) is 7.49. The number of benzene rings is 2. The lowest BCUT2D eigenvalue weighted by Gasteiger charge is -2.24. The number of rotatable bonds is 8. The van der Waals surface area contributed by atoms with Crippen molar-refractivity contribution in [2.24, 2.45) is 0 Å². The smallest absolute Gasteiger partial charge is 0.341 e. The predicted molar refractivity (Wildman–Crippen MR) is 107 cm³/mol. The van der Waals surface area contributed by atoms with Crippen molar-refractivity contribution in [3.05, 3.63) is 70.0 Å². The van der Waals surface area contributed by atoms with Crippen LogP contribution < -0.4 is 0 Å². The third-order valence-corrected chi connectivity index (χ3v) is 5.46. The lowest BCUT2D eigenvalue weighted by atomic mass is 9.93. The SMILES string of the molecule is CCCCCc1ccc(CCc2ccc3c(c2F)C(=O)OC(CC)C3)cc1. The highest BCUT2D eigenvalue weighted by Gasteiger charge is 2.29. The molecule has 0 aromatic heterocycles. The number of hydrogen-bond donors (Lipinski definition) is 0. The van der Waals surface area contributed by atoms with E-state index in [4.69, 9.17) is 4.74 Å². The first kappa shape index (κ1) is 19.6. The number of carbonyl (C=O) groups excluding carboxylic acids is 1. The van der Waals surface area contributed by atoms with Crippen molar-refractivity contribution in [1.29, 1.82) is 0 Å². The van der Waals surface area contributed by atoms with Gasteiger partial charge in [0.25, 0.3) is 0 Å². The molecule has 3 rings (SSSR count). The fourth-order valence-electron chi connectivity index (χ4n) is 3.70. The van der Waals surface area contributed by atoms with Crippen LogP contribution >= 0.6 is 0 Å². The van der Waals surface area contributed by atoms with Gasteiger partial charge in [0.2, 0.25) is 0 Å². The average molecular weight is 368 g/mol. The van der Waals surface area contributed by atoms with Gasteiger partial charge in [-0.15, -0.1) is 0 Å². The van der Waals surface area contributed by atoms with E-state index in [0.29, 0.717) is 18.4 Å². The van der Waals surface area contributed by atoms with Gasteiger partial charge in [0.15, 0.2) is 0 Å². The molecule has 0 radical (unpaired) electrons. The maximum atomic E-state index is 14.9. The number of ether oxygens (including phenoxy) is 1. The van der Waals surface area contributed by atoms with Crippen LogP contribution in [0.4, 0.5) is 4.39 Å². The Morgan fingerprint density at radius 1 is 0.963 bits per heavy atom. The van der Waals surface area contributed by atoms with Crippen LogP contribution in [-0.2, 0) is 30.4 Å². The number of aryl methyl sites for hydroxylation is 3. The number of cyclic esters (lactones) is 1. The number of unbranched alkanes of at least 4 members (excludes halogenated alkanes) is 2. The lowest BCUT2D eigenvalue weighted by Crippen LogP contribution is -2.28. The van der Waals surface area contributed by atoms with Gasteiger partial charge in [0.1, 0.15) is 11.9 Å². The van der Waals surface area contributed by atoms with Gasteiger partial charge in [-0.3, -0.25) is 0 Å². The molecule has 144 valence electrons. The van der Waals surface area contributed by atoms with E-state index in [-0.39, 0.29) is 11.7 Å². The van der Waals surface area contributed by atoms with Crippen LogP contribution in [0.15, 0.2) is 36.4 Å². The molecule has 0 bridgehead atoms. The van der Waals surface area contributed by atoms with E-state index in [2.05, 4.69) is 31.2 Å². The Hall–Kier alpha value is -2.16. The summed E-state index contributed by atoms with van der Waals surface area (Å²) >= 11 is 0. The molecule has 27 heavy (non-hydrogen) atoms. The summed E-state index contributed by atoms with van der Waals surface area (Å²) in [6.07, 6.45) is 7.41. The number of halogens is 1.